The Labute approximate surface area is 182 Å². The molecule has 0 spiro atoms. The van der Waals surface area contributed by atoms with Crippen LogP contribution in [0.4, 0.5) is 5.69 Å². The zero-order chi connectivity index (χ0) is 23.0. The van der Waals surface area contributed by atoms with Gasteiger partial charge in [-0.2, -0.15) is 0 Å². The summed E-state index contributed by atoms with van der Waals surface area (Å²) in [5.41, 5.74) is 1.03. The minimum Gasteiger partial charge on any atom is -0.493 e. The normalized spacial score (nSPS) is 12.3. The number of hydrogen-bond donors (Lipinski definition) is 3. The molecule has 0 amide bonds. The molecule has 0 saturated carbocycles. The van der Waals surface area contributed by atoms with Gasteiger partial charge in [0.15, 0.2) is 11.5 Å². The Balaban J connectivity index is 2.21. The Kier molecular flexibility index (Phi) is 8.66. The van der Waals surface area contributed by atoms with E-state index in [1.54, 1.807) is 19.2 Å². The second-order valence-electron chi connectivity index (χ2n) is 6.85. The number of carbonyl (C=O) groups is 1. The van der Waals surface area contributed by atoms with Crippen molar-refractivity contribution in [2.24, 2.45) is 0 Å². The van der Waals surface area contributed by atoms with Crippen molar-refractivity contribution in [1.82, 2.24) is 4.72 Å². The highest BCUT2D eigenvalue weighted by molar-refractivity contribution is 7.89. The first-order valence-corrected chi connectivity index (χ1v) is 11.0. The van der Waals surface area contributed by atoms with Crippen molar-refractivity contribution < 1.29 is 32.5 Å². The maximum absolute atomic E-state index is 13.0. The van der Waals surface area contributed by atoms with E-state index in [9.17, 15) is 18.3 Å². The number of sulfonamides is 1. The maximum Gasteiger partial charge on any atom is 0.335 e. The molecular weight excluding hydrogens is 424 g/mol. The highest BCUT2D eigenvalue weighted by Crippen LogP contribution is 2.28. The number of hydrogen-bond acceptors (Lipinski definition) is 7. The first-order valence-electron chi connectivity index (χ1n) is 9.55. The van der Waals surface area contributed by atoms with Crippen molar-refractivity contribution in [1.29, 1.82) is 0 Å². The van der Waals surface area contributed by atoms with Crippen LogP contribution in [0.15, 0.2) is 41.3 Å². The summed E-state index contributed by atoms with van der Waals surface area (Å²) in [6, 6.07) is 9.10. The summed E-state index contributed by atoms with van der Waals surface area (Å²) < 4.78 is 44.0. The number of ether oxygens (including phenoxy) is 3. The van der Waals surface area contributed by atoms with Crippen LogP contribution in [0.5, 0.6) is 11.5 Å². The minimum absolute atomic E-state index is 0.113. The second-order valence-corrected chi connectivity index (χ2v) is 8.59. The predicted octanol–water partition coefficient (Wildman–Crippen LogP) is 2.37. The Hall–Kier alpha value is -2.82. The van der Waals surface area contributed by atoms with Gasteiger partial charge in [0.1, 0.15) is 4.90 Å². The number of carboxylic acid groups (broad SMARTS) is 1. The van der Waals surface area contributed by atoms with E-state index in [1.807, 2.05) is 13.0 Å². The first-order chi connectivity index (χ1) is 14.7. The van der Waals surface area contributed by atoms with Crippen LogP contribution in [-0.4, -0.2) is 60.0 Å². The Morgan fingerprint density at radius 2 is 1.77 bits per heavy atom. The lowest BCUT2D eigenvalue weighted by Crippen LogP contribution is -2.28. The topological polar surface area (TPSA) is 123 Å². The quantitative estimate of drug-likeness (QED) is 0.449. The molecular formula is C21H28N2O7S. The average Bonchev–Trinajstić information content (AvgIpc) is 2.73. The maximum atomic E-state index is 13.0. The van der Waals surface area contributed by atoms with Gasteiger partial charge in [-0.1, -0.05) is 6.07 Å². The molecule has 0 aromatic heterocycles. The summed E-state index contributed by atoms with van der Waals surface area (Å²) in [6.07, 6.45) is 0.404. The third-order valence-corrected chi connectivity index (χ3v) is 5.99. The molecule has 0 unspecified atom stereocenters. The number of aromatic carboxylic acids is 1. The van der Waals surface area contributed by atoms with E-state index in [0.29, 0.717) is 30.2 Å². The van der Waals surface area contributed by atoms with Crippen molar-refractivity contribution in [3.05, 3.63) is 47.5 Å². The molecule has 10 heteroatoms. The van der Waals surface area contributed by atoms with Crippen molar-refractivity contribution in [2.45, 2.75) is 24.3 Å². The molecule has 0 aliphatic rings. The number of carboxylic acids is 1. The standard InChI is InChI=1S/C21H28N2O7S/c1-14(13-28-2)23-17-7-6-16(21(24)25)12-20(17)31(26,27)22-10-9-15-5-8-18(29-3)19(11-15)30-4/h5-8,11-12,14,22-23H,9-10,13H2,1-4H3,(H,24,25)/t14-/m0/s1. The fraction of sp³-hybridized carbons (Fsp3) is 0.381. The summed E-state index contributed by atoms with van der Waals surface area (Å²) in [6.45, 7) is 2.30. The van der Waals surface area contributed by atoms with Crippen LogP contribution in [0, 0.1) is 0 Å². The number of methoxy groups -OCH3 is 3. The highest BCUT2D eigenvalue weighted by Gasteiger charge is 2.21. The van der Waals surface area contributed by atoms with Gasteiger partial charge in [-0.3, -0.25) is 0 Å². The molecule has 3 N–H and O–H groups in total. The van der Waals surface area contributed by atoms with E-state index >= 15 is 0 Å². The van der Waals surface area contributed by atoms with Gasteiger partial charge in [0.2, 0.25) is 10.0 Å². The third kappa shape index (κ3) is 6.58. The third-order valence-electron chi connectivity index (χ3n) is 4.49. The zero-order valence-electron chi connectivity index (χ0n) is 18.0. The molecule has 0 aliphatic heterocycles. The van der Waals surface area contributed by atoms with Gasteiger partial charge in [-0.05, 0) is 49.2 Å². The Morgan fingerprint density at radius 1 is 1.06 bits per heavy atom. The molecule has 2 aromatic carbocycles. The first kappa shape index (κ1) is 24.4. The van der Waals surface area contributed by atoms with Crippen LogP contribution < -0.4 is 19.5 Å². The van der Waals surface area contributed by atoms with Gasteiger partial charge < -0.3 is 24.6 Å². The molecule has 2 aromatic rings. The van der Waals surface area contributed by atoms with Crippen molar-refractivity contribution in [2.75, 3.05) is 39.8 Å². The van der Waals surface area contributed by atoms with Gasteiger partial charge in [-0.25, -0.2) is 17.9 Å². The average molecular weight is 453 g/mol. The van der Waals surface area contributed by atoms with Crippen LogP contribution >= 0.6 is 0 Å². The fourth-order valence-corrected chi connectivity index (χ4v) is 4.22. The van der Waals surface area contributed by atoms with Gasteiger partial charge in [0.05, 0.1) is 32.1 Å². The predicted molar refractivity (Wildman–Crippen MR) is 117 cm³/mol. The molecule has 0 fully saturated rings. The molecule has 0 heterocycles. The van der Waals surface area contributed by atoms with Crippen LogP contribution in [0.1, 0.15) is 22.8 Å². The Bertz CT molecular complexity index is 1010. The zero-order valence-corrected chi connectivity index (χ0v) is 18.8. The lowest BCUT2D eigenvalue weighted by atomic mass is 10.1. The lowest BCUT2D eigenvalue weighted by Gasteiger charge is -2.18. The second kappa shape index (κ2) is 11.0. The number of nitrogens with one attached hydrogen (secondary N) is 2. The smallest absolute Gasteiger partial charge is 0.335 e. The van der Waals surface area contributed by atoms with E-state index in [4.69, 9.17) is 14.2 Å². The number of rotatable bonds is 12. The molecule has 0 bridgehead atoms. The van der Waals surface area contributed by atoms with E-state index < -0.39 is 16.0 Å². The summed E-state index contributed by atoms with van der Waals surface area (Å²) in [7, 11) is 0.626. The van der Waals surface area contributed by atoms with Gasteiger partial charge in [0, 0.05) is 19.7 Å². The van der Waals surface area contributed by atoms with Crippen LogP contribution in [0.2, 0.25) is 0 Å². The molecule has 0 radical (unpaired) electrons. The summed E-state index contributed by atoms with van der Waals surface area (Å²) >= 11 is 0. The van der Waals surface area contributed by atoms with E-state index in [0.717, 1.165) is 11.6 Å². The molecule has 31 heavy (non-hydrogen) atoms. The van der Waals surface area contributed by atoms with Gasteiger partial charge in [0.25, 0.3) is 0 Å². The number of benzene rings is 2. The minimum atomic E-state index is -3.98. The van der Waals surface area contributed by atoms with Gasteiger partial charge in [-0.15, -0.1) is 0 Å². The molecule has 0 saturated heterocycles. The van der Waals surface area contributed by atoms with Crippen molar-refractivity contribution >= 4 is 21.7 Å². The lowest BCUT2D eigenvalue weighted by molar-refractivity contribution is 0.0696. The fourth-order valence-electron chi connectivity index (χ4n) is 3.00. The van der Waals surface area contributed by atoms with E-state index in [2.05, 4.69) is 10.0 Å². The summed E-state index contributed by atoms with van der Waals surface area (Å²) in [5.74, 6) is -0.0767. The largest absolute Gasteiger partial charge is 0.493 e. The monoisotopic (exact) mass is 452 g/mol. The molecule has 170 valence electrons. The van der Waals surface area contributed by atoms with E-state index in [-0.39, 0.29) is 23.0 Å². The molecule has 9 nitrogen and oxygen atoms in total. The van der Waals surface area contributed by atoms with Crippen LogP contribution in [0.25, 0.3) is 0 Å². The highest BCUT2D eigenvalue weighted by atomic mass is 32.2. The number of anilines is 1. The summed E-state index contributed by atoms with van der Waals surface area (Å²) in [5, 5.41) is 12.3. The van der Waals surface area contributed by atoms with Crippen molar-refractivity contribution in [3.63, 3.8) is 0 Å². The molecule has 0 aliphatic carbocycles. The molecule has 1 atom stereocenters. The molecule has 2 rings (SSSR count). The van der Waals surface area contributed by atoms with Crippen LogP contribution in [-0.2, 0) is 21.2 Å². The SMILES string of the molecule is COC[C@H](C)Nc1ccc(C(=O)O)cc1S(=O)(=O)NCCc1ccc(OC)c(OC)c1. The van der Waals surface area contributed by atoms with Crippen LogP contribution in [0.3, 0.4) is 0 Å². The van der Waals surface area contributed by atoms with Crippen molar-refractivity contribution in [3.8, 4) is 11.5 Å². The summed E-state index contributed by atoms with van der Waals surface area (Å²) in [4.78, 5) is 11.2. The Morgan fingerprint density at radius 3 is 2.39 bits per heavy atom. The van der Waals surface area contributed by atoms with Gasteiger partial charge >= 0.3 is 5.97 Å². The van der Waals surface area contributed by atoms with E-state index in [1.165, 1.54) is 26.4 Å².